The molecule has 0 aliphatic heterocycles. The second-order valence-corrected chi connectivity index (χ2v) is 7.06. The van der Waals surface area contributed by atoms with Gasteiger partial charge in [-0.1, -0.05) is 18.9 Å². The highest BCUT2D eigenvalue weighted by molar-refractivity contribution is 7.10. The number of carbonyl (C=O) groups excluding carboxylic acids is 2. The zero-order valence-corrected chi connectivity index (χ0v) is 14.1. The summed E-state index contributed by atoms with van der Waals surface area (Å²) in [7, 11) is 0. The molecule has 1 aromatic carbocycles. The van der Waals surface area contributed by atoms with Crippen molar-refractivity contribution in [2.75, 3.05) is 5.32 Å². The van der Waals surface area contributed by atoms with Crippen LogP contribution < -0.4 is 16.4 Å². The summed E-state index contributed by atoms with van der Waals surface area (Å²) in [6.45, 7) is 0. The van der Waals surface area contributed by atoms with Crippen molar-refractivity contribution in [3.05, 3.63) is 52.2 Å². The van der Waals surface area contributed by atoms with E-state index in [4.69, 9.17) is 5.73 Å². The quantitative estimate of drug-likeness (QED) is 0.769. The molecule has 1 atom stereocenters. The van der Waals surface area contributed by atoms with E-state index in [1.165, 1.54) is 17.7 Å². The van der Waals surface area contributed by atoms with Gasteiger partial charge in [0.05, 0.1) is 6.04 Å². The van der Waals surface area contributed by atoms with E-state index < -0.39 is 6.03 Å². The Labute approximate surface area is 145 Å². The maximum Gasteiger partial charge on any atom is 0.316 e. The number of rotatable bonds is 5. The van der Waals surface area contributed by atoms with Gasteiger partial charge in [0.1, 0.15) is 0 Å². The number of hydrogen-bond acceptors (Lipinski definition) is 3. The van der Waals surface area contributed by atoms with E-state index in [9.17, 15) is 9.59 Å². The predicted molar refractivity (Wildman–Crippen MR) is 96.1 cm³/mol. The SMILES string of the molecule is NC(=O)Nc1ccc(C(=O)NC(c2cccs2)C2CCCC2)cc1. The molecule has 24 heavy (non-hydrogen) atoms. The molecule has 0 radical (unpaired) electrons. The second kappa shape index (κ2) is 7.49. The Morgan fingerprint density at radius 3 is 2.42 bits per heavy atom. The molecular weight excluding hydrogens is 322 g/mol. The molecule has 5 nitrogen and oxygen atoms in total. The van der Waals surface area contributed by atoms with Crippen LogP contribution >= 0.6 is 11.3 Å². The summed E-state index contributed by atoms with van der Waals surface area (Å²) in [5.74, 6) is 0.411. The van der Waals surface area contributed by atoms with Crippen molar-refractivity contribution in [3.8, 4) is 0 Å². The molecule has 2 aromatic rings. The van der Waals surface area contributed by atoms with Crippen LogP contribution in [0.3, 0.4) is 0 Å². The summed E-state index contributed by atoms with van der Waals surface area (Å²) in [6, 6.07) is 10.3. The standard InChI is InChI=1S/C18H21N3O2S/c19-18(23)20-14-9-7-13(8-10-14)17(22)21-16(12-4-1-2-5-12)15-6-3-11-24-15/h3,6-12,16H,1-2,4-5H2,(H,21,22)(H3,19,20,23). The lowest BCUT2D eigenvalue weighted by molar-refractivity contribution is 0.0923. The van der Waals surface area contributed by atoms with Gasteiger partial charge < -0.3 is 16.4 Å². The smallest absolute Gasteiger partial charge is 0.316 e. The molecule has 0 saturated heterocycles. The third kappa shape index (κ3) is 3.94. The monoisotopic (exact) mass is 343 g/mol. The van der Waals surface area contributed by atoms with Crippen molar-refractivity contribution in [1.82, 2.24) is 5.32 Å². The molecule has 1 aliphatic carbocycles. The van der Waals surface area contributed by atoms with Gasteiger partial charge in [-0.25, -0.2) is 4.79 Å². The highest BCUT2D eigenvalue weighted by Gasteiger charge is 2.28. The molecule has 0 bridgehead atoms. The number of amides is 3. The Bertz CT molecular complexity index is 692. The normalized spacial score (nSPS) is 15.8. The zero-order valence-electron chi connectivity index (χ0n) is 13.3. The number of nitrogens with one attached hydrogen (secondary N) is 2. The highest BCUT2D eigenvalue weighted by Crippen LogP contribution is 2.37. The van der Waals surface area contributed by atoms with E-state index >= 15 is 0 Å². The van der Waals surface area contributed by atoms with Crippen LogP contribution in [0.1, 0.15) is 47.0 Å². The van der Waals surface area contributed by atoms with Crippen molar-refractivity contribution in [3.63, 3.8) is 0 Å². The van der Waals surface area contributed by atoms with E-state index in [-0.39, 0.29) is 11.9 Å². The summed E-state index contributed by atoms with van der Waals surface area (Å²) in [4.78, 5) is 24.7. The lowest BCUT2D eigenvalue weighted by Gasteiger charge is -2.24. The van der Waals surface area contributed by atoms with Crippen LogP contribution in [-0.4, -0.2) is 11.9 Å². The molecule has 1 aromatic heterocycles. The van der Waals surface area contributed by atoms with Crippen LogP contribution in [0, 0.1) is 5.92 Å². The number of nitrogens with two attached hydrogens (primary N) is 1. The molecule has 6 heteroatoms. The maximum absolute atomic E-state index is 12.6. The lowest BCUT2D eigenvalue weighted by Crippen LogP contribution is -2.32. The summed E-state index contributed by atoms with van der Waals surface area (Å²) in [5.41, 5.74) is 6.23. The zero-order chi connectivity index (χ0) is 16.9. The number of urea groups is 1. The third-order valence-electron chi connectivity index (χ3n) is 4.42. The number of thiophene rings is 1. The van der Waals surface area contributed by atoms with Crippen molar-refractivity contribution in [2.24, 2.45) is 11.7 Å². The summed E-state index contributed by atoms with van der Waals surface area (Å²) >= 11 is 1.69. The van der Waals surface area contributed by atoms with E-state index in [1.807, 2.05) is 11.4 Å². The lowest BCUT2D eigenvalue weighted by atomic mass is 9.96. The number of carbonyl (C=O) groups is 2. The van der Waals surface area contributed by atoms with Gasteiger partial charge in [0, 0.05) is 16.1 Å². The van der Waals surface area contributed by atoms with Crippen LogP contribution in [0.5, 0.6) is 0 Å². The van der Waals surface area contributed by atoms with E-state index in [0.717, 1.165) is 12.8 Å². The predicted octanol–water partition coefficient (Wildman–Crippen LogP) is 3.90. The first kappa shape index (κ1) is 16.5. The average molecular weight is 343 g/mol. The number of benzene rings is 1. The first-order valence-corrected chi connectivity index (χ1v) is 9.02. The van der Waals surface area contributed by atoms with Crippen LogP contribution in [-0.2, 0) is 0 Å². The van der Waals surface area contributed by atoms with Crippen molar-refractivity contribution in [1.29, 1.82) is 0 Å². The van der Waals surface area contributed by atoms with Crippen LogP contribution in [0.15, 0.2) is 41.8 Å². The van der Waals surface area contributed by atoms with Crippen LogP contribution in [0.2, 0.25) is 0 Å². The molecule has 1 fully saturated rings. The van der Waals surface area contributed by atoms with Gasteiger partial charge in [0.15, 0.2) is 0 Å². The number of hydrogen-bond donors (Lipinski definition) is 3. The summed E-state index contributed by atoms with van der Waals surface area (Å²) in [5, 5.41) is 7.73. The Morgan fingerprint density at radius 1 is 1.12 bits per heavy atom. The van der Waals surface area contributed by atoms with Gasteiger partial charge in [-0.2, -0.15) is 0 Å². The Hall–Kier alpha value is -2.34. The van der Waals surface area contributed by atoms with E-state index in [2.05, 4.69) is 16.7 Å². The summed E-state index contributed by atoms with van der Waals surface area (Å²) < 4.78 is 0. The molecule has 4 N–H and O–H groups in total. The Kier molecular flexibility index (Phi) is 5.15. The molecular formula is C18H21N3O2S. The molecule has 1 aliphatic rings. The molecule has 3 rings (SSSR count). The molecule has 1 unspecified atom stereocenters. The van der Waals surface area contributed by atoms with Crippen molar-refractivity contribution >= 4 is 29.0 Å². The number of primary amides is 1. The van der Waals surface area contributed by atoms with Gasteiger partial charge in [-0.3, -0.25) is 4.79 Å². The van der Waals surface area contributed by atoms with Gasteiger partial charge in [0.25, 0.3) is 5.91 Å². The van der Waals surface area contributed by atoms with E-state index in [1.54, 1.807) is 35.6 Å². The fraction of sp³-hybridized carbons (Fsp3) is 0.333. The van der Waals surface area contributed by atoms with Gasteiger partial charge in [0.2, 0.25) is 0 Å². The molecule has 1 heterocycles. The highest BCUT2D eigenvalue weighted by atomic mass is 32.1. The first-order chi connectivity index (χ1) is 11.6. The maximum atomic E-state index is 12.6. The first-order valence-electron chi connectivity index (χ1n) is 8.14. The van der Waals surface area contributed by atoms with E-state index in [0.29, 0.717) is 17.2 Å². The minimum atomic E-state index is -0.619. The largest absolute Gasteiger partial charge is 0.351 e. The minimum Gasteiger partial charge on any atom is -0.351 e. The topological polar surface area (TPSA) is 84.2 Å². The molecule has 126 valence electrons. The fourth-order valence-corrected chi connectivity index (χ4v) is 4.12. The van der Waals surface area contributed by atoms with Crippen molar-refractivity contribution in [2.45, 2.75) is 31.7 Å². The van der Waals surface area contributed by atoms with Crippen LogP contribution in [0.25, 0.3) is 0 Å². The van der Waals surface area contributed by atoms with Gasteiger partial charge in [-0.15, -0.1) is 11.3 Å². The molecule has 1 saturated carbocycles. The van der Waals surface area contributed by atoms with Crippen LogP contribution in [0.4, 0.5) is 10.5 Å². The molecule has 0 spiro atoms. The van der Waals surface area contributed by atoms with Gasteiger partial charge >= 0.3 is 6.03 Å². The van der Waals surface area contributed by atoms with Crippen molar-refractivity contribution < 1.29 is 9.59 Å². The Morgan fingerprint density at radius 2 is 1.83 bits per heavy atom. The molecule has 3 amide bonds. The fourth-order valence-electron chi connectivity index (χ4n) is 3.25. The van der Waals surface area contributed by atoms with Gasteiger partial charge in [-0.05, 0) is 54.5 Å². The minimum absolute atomic E-state index is 0.0726. The Balaban J connectivity index is 1.72. The summed E-state index contributed by atoms with van der Waals surface area (Å²) in [6.07, 6.45) is 4.78. The number of anilines is 1. The third-order valence-corrected chi connectivity index (χ3v) is 5.38. The second-order valence-electron chi connectivity index (χ2n) is 6.08. The average Bonchev–Trinajstić information content (AvgIpc) is 3.26.